The molecule has 0 unspecified atom stereocenters. The lowest BCUT2D eigenvalue weighted by molar-refractivity contribution is -0.114. The van der Waals surface area contributed by atoms with Crippen LogP contribution in [0, 0.1) is 11.6 Å². The minimum atomic E-state index is -1.10. The maximum atomic E-state index is 13.5. The van der Waals surface area contributed by atoms with Crippen LogP contribution in [0.25, 0.3) is 0 Å². The molecule has 0 fully saturated rings. The number of benzene rings is 1. The van der Waals surface area contributed by atoms with E-state index in [1.807, 2.05) is 0 Å². The van der Waals surface area contributed by atoms with Gasteiger partial charge in [0.15, 0.2) is 5.82 Å². The van der Waals surface area contributed by atoms with Gasteiger partial charge in [-0.15, -0.1) is 0 Å². The van der Waals surface area contributed by atoms with Crippen LogP contribution in [0.3, 0.4) is 0 Å². The fraction of sp³-hybridized carbons (Fsp3) is 0.273. The molecule has 7 heteroatoms. The highest BCUT2D eigenvalue weighted by Crippen LogP contribution is 2.29. The van der Waals surface area contributed by atoms with Crippen LogP contribution in [0.5, 0.6) is 0 Å². The summed E-state index contributed by atoms with van der Waals surface area (Å²) >= 11 is 0. The van der Waals surface area contributed by atoms with E-state index in [0.29, 0.717) is 6.07 Å². The molecule has 1 aromatic rings. The number of nitrogens with two attached hydrogens (primary N) is 1. The van der Waals surface area contributed by atoms with Crippen molar-refractivity contribution in [2.75, 3.05) is 17.7 Å². The van der Waals surface area contributed by atoms with E-state index in [1.165, 1.54) is 6.92 Å². The van der Waals surface area contributed by atoms with E-state index in [-0.39, 0.29) is 6.61 Å². The number of halogens is 2. The summed E-state index contributed by atoms with van der Waals surface area (Å²) in [4.78, 5) is 22.5. The second-order valence-electron chi connectivity index (χ2n) is 3.41. The second kappa shape index (κ2) is 5.44. The third-order valence-corrected chi connectivity index (χ3v) is 2.05. The summed E-state index contributed by atoms with van der Waals surface area (Å²) in [7, 11) is 0. The molecule has 0 saturated carbocycles. The molecular weight excluding hydrogens is 246 g/mol. The molecule has 1 rings (SSSR count). The monoisotopic (exact) mass is 258 g/mol. The van der Waals surface area contributed by atoms with Crippen LogP contribution in [0.1, 0.15) is 24.2 Å². The van der Waals surface area contributed by atoms with Crippen molar-refractivity contribution in [2.45, 2.75) is 13.8 Å². The van der Waals surface area contributed by atoms with Gasteiger partial charge in [0, 0.05) is 13.0 Å². The quantitative estimate of drug-likeness (QED) is 0.638. The Kier molecular flexibility index (Phi) is 4.19. The standard InChI is InChI=1S/C11H12F2N2O3/c1-3-18-11(17)8-9(14)6(12)4-7(13)10(8)15-5(2)16/h4H,3,14H2,1-2H3,(H,15,16). The lowest BCUT2D eigenvalue weighted by Gasteiger charge is -2.13. The molecule has 3 N–H and O–H groups in total. The minimum Gasteiger partial charge on any atom is -0.462 e. The number of rotatable bonds is 3. The predicted molar refractivity (Wildman–Crippen MR) is 61.0 cm³/mol. The number of hydrogen-bond donors (Lipinski definition) is 2. The summed E-state index contributed by atoms with van der Waals surface area (Å²) in [6.45, 7) is 2.66. The van der Waals surface area contributed by atoms with Crippen molar-refractivity contribution >= 4 is 23.3 Å². The van der Waals surface area contributed by atoms with E-state index < -0.39 is 40.4 Å². The van der Waals surface area contributed by atoms with Crippen molar-refractivity contribution in [3.05, 3.63) is 23.3 Å². The number of carbonyl (C=O) groups is 2. The Morgan fingerprint density at radius 3 is 2.50 bits per heavy atom. The first-order valence-corrected chi connectivity index (χ1v) is 5.10. The summed E-state index contributed by atoms with van der Waals surface area (Å²) in [6.07, 6.45) is 0. The summed E-state index contributed by atoms with van der Waals surface area (Å²) < 4.78 is 31.4. The van der Waals surface area contributed by atoms with Crippen LogP contribution in [-0.4, -0.2) is 18.5 Å². The molecule has 0 spiro atoms. The lowest BCUT2D eigenvalue weighted by Crippen LogP contribution is -2.17. The van der Waals surface area contributed by atoms with E-state index in [4.69, 9.17) is 5.73 Å². The van der Waals surface area contributed by atoms with Crippen LogP contribution < -0.4 is 11.1 Å². The van der Waals surface area contributed by atoms with Crippen molar-refractivity contribution in [3.8, 4) is 0 Å². The van der Waals surface area contributed by atoms with E-state index in [0.717, 1.165) is 6.92 Å². The van der Waals surface area contributed by atoms with Crippen molar-refractivity contribution in [3.63, 3.8) is 0 Å². The number of amides is 1. The Balaban J connectivity index is 3.42. The van der Waals surface area contributed by atoms with E-state index >= 15 is 0 Å². The molecule has 0 aliphatic rings. The van der Waals surface area contributed by atoms with Crippen molar-refractivity contribution in [1.82, 2.24) is 0 Å². The maximum Gasteiger partial charge on any atom is 0.342 e. The average molecular weight is 258 g/mol. The molecule has 1 amide bonds. The zero-order valence-electron chi connectivity index (χ0n) is 9.84. The molecule has 1 aromatic carbocycles. The summed E-state index contributed by atoms with van der Waals surface area (Å²) in [5, 5.41) is 2.09. The number of nitrogen functional groups attached to an aromatic ring is 1. The number of ether oxygens (including phenoxy) is 1. The molecular formula is C11H12F2N2O3. The van der Waals surface area contributed by atoms with Crippen LogP contribution in [0.4, 0.5) is 20.2 Å². The molecule has 18 heavy (non-hydrogen) atoms. The first kappa shape index (κ1) is 13.9. The molecule has 0 radical (unpaired) electrons. The molecule has 5 nitrogen and oxygen atoms in total. The molecule has 0 aliphatic heterocycles. The van der Waals surface area contributed by atoms with Crippen LogP contribution >= 0.6 is 0 Å². The Bertz CT molecular complexity index is 504. The zero-order chi connectivity index (χ0) is 13.9. The molecule has 0 atom stereocenters. The molecule has 0 bridgehead atoms. The first-order valence-electron chi connectivity index (χ1n) is 5.10. The highest BCUT2D eigenvalue weighted by molar-refractivity contribution is 6.05. The molecule has 0 heterocycles. The highest BCUT2D eigenvalue weighted by atomic mass is 19.1. The smallest absolute Gasteiger partial charge is 0.342 e. The van der Waals surface area contributed by atoms with E-state index in [1.54, 1.807) is 0 Å². The predicted octanol–water partition coefficient (Wildman–Crippen LogP) is 1.68. The zero-order valence-corrected chi connectivity index (χ0v) is 9.84. The van der Waals surface area contributed by atoms with Crippen LogP contribution in [-0.2, 0) is 9.53 Å². The van der Waals surface area contributed by atoms with Gasteiger partial charge in [-0.2, -0.15) is 0 Å². The SMILES string of the molecule is CCOC(=O)c1c(N)c(F)cc(F)c1NC(C)=O. The summed E-state index contributed by atoms with van der Waals surface area (Å²) in [5.41, 5.74) is 3.78. The number of anilines is 2. The van der Waals surface area contributed by atoms with Gasteiger partial charge in [-0.05, 0) is 6.92 Å². The Labute approximate surface area is 102 Å². The van der Waals surface area contributed by atoms with Gasteiger partial charge >= 0.3 is 5.97 Å². The Hall–Kier alpha value is -2.18. The van der Waals surface area contributed by atoms with Gasteiger partial charge in [0.05, 0.1) is 18.0 Å². The number of esters is 1. The van der Waals surface area contributed by atoms with Crippen molar-refractivity contribution in [1.29, 1.82) is 0 Å². The van der Waals surface area contributed by atoms with Gasteiger partial charge in [0.2, 0.25) is 5.91 Å². The molecule has 0 aromatic heterocycles. The normalized spacial score (nSPS) is 10.0. The number of hydrogen-bond acceptors (Lipinski definition) is 4. The van der Waals surface area contributed by atoms with E-state index in [9.17, 15) is 18.4 Å². The molecule has 0 aliphatic carbocycles. The lowest BCUT2D eigenvalue weighted by atomic mass is 10.1. The largest absolute Gasteiger partial charge is 0.462 e. The van der Waals surface area contributed by atoms with Gasteiger partial charge in [0.1, 0.15) is 11.4 Å². The van der Waals surface area contributed by atoms with Crippen LogP contribution in [0.2, 0.25) is 0 Å². The maximum absolute atomic E-state index is 13.5. The summed E-state index contributed by atoms with van der Waals surface area (Å²) in [6, 6.07) is 0.489. The Morgan fingerprint density at radius 2 is 2.00 bits per heavy atom. The van der Waals surface area contributed by atoms with Crippen molar-refractivity contribution < 1.29 is 23.1 Å². The molecule has 0 saturated heterocycles. The molecule has 98 valence electrons. The van der Waals surface area contributed by atoms with Gasteiger partial charge in [-0.25, -0.2) is 13.6 Å². The third kappa shape index (κ3) is 2.73. The van der Waals surface area contributed by atoms with Gasteiger partial charge in [-0.1, -0.05) is 0 Å². The number of nitrogens with one attached hydrogen (secondary N) is 1. The van der Waals surface area contributed by atoms with Crippen LogP contribution in [0.15, 0.2) is 6.07 Å². The fourth-order valence-corrected chi connectivity index (χ4v) is 1.35. The minimum absolute atomic E-state index is 0.00984. The third-order valence-electron chi connectivity index (χ3n) is 2.05. The summed E-state index contributed by atoms with van der Waals surface area (Å²) in [5.74, 6) is -3.81. The van der Waals surface area contributed by atoms with Gasteiger partial charge in [-0.3, -0.25) is 4.79 Å². The highest BCUT2D eigenvalue weighted by Gasteiger charge is 2.24. The van der Waals surface area contributed by atoms with Crippen molar-refractivity contribution in [2.24, 2.45) is 0 Å². The fourth-order valence-electron chi connectivity index (χ4n) is 1.35. The first-order chi connectivity index (χ1) is 8.38. The van der Waals surface area contributed by atoms with E-state index in [2.05, 4.69) is 10.1 Å². The number of carbonyl (C=O) groups excluding carboxylic acids is 2. The van der Waals surface area contributed by atoms with Gasteiger partial charge < -0.3 is 15.8 Å². The second-order valence-corrected chi connectivity index (χ2v) is 3.41. The Morgan fingerprint density at radius 1 is 1.39 bits per heavy atom. The van der Waals surface area contributed by atoms with Gasteiger partial charge in [0.25, 0.3) is 0 Å². The average Bonchev–Trinajstić information content (AvgIpc) is 2.25. The topological polar surface area (TPSA) is 81.4 Å².